The Morgan fingerprint density at radius 1 is 0.929 bits per heavy atom. The Labute approximate surface area is 175 Å². The first-order valence-corrected chi connectivity index (χ1v) is 8.32. The van der Waals surface area contributed by atoms with E-state index in [1.54, 1.807) is 18.5 Å². The van der Waals surface area contributed by atoms with Crippen LogP contribution in [0.5, 0.6) is 0 Å². The number of nitrogens with one attached hydrogen (secondary N) is 1. The molecule has 1 N–H and O–H groups in total. The van der Waals surface area contributed by atoms with Crippen molar-refractivity contribution >= 4 is 41.5 Å². The van der Waals surface area contributed by atoms with E-state index >= 15 is 0 Å². The molecule has 2 aromatic heterocycles. The quantitative estimate of drug-likeness (QED) is 0.465. The molecule has 0 spiro atoms. The van der Waals surface area contributed by atoms with Gasteiger partial charge in [-0.05, 0) is 60.0 Å². The molecule has 0 bridgehead atoms. The summed E-state index contributed by atoms with van der Waals surface area (Å²) >= 11 is 0. The predicted octanol–water partition coefficient (Wildman–Crippen LogP) is 5.69. The number of fused-ring (bicyclic) bond motifs is 1. The van der Waals surface area contributed by atoms with Crippen molar-refractivity contribution in [3.05, 3.63) is 72.3 Å². The van der Waals surface area contributed by atoms with Gasteiger partial charge in [0.1, 0.15) is 11.6 Å². The molecule has 144 valence electrons. The summed E-state index contributed by atoms with van der Waals surface area (Å²) in [7, 11) is 1.84. The lowest BCUT2D eigenvalue weighted by molar-refractivity contribution is 0.628. The van der Waals surface area contributed by atoms with Crippen molar-refractivity contribution in [1.29, 1.82) is 0 Å². The zero-order chi connectivity index (χ0) is 18.1. The third-order valence-electron chi connectivity index (χ3n) is 4.33. The second-order valence-corrected chi connectivity index (χ2v) is 6.08. The lowest BCUT2D eigenvalue weighted by atomic mass is 9.98. The Balaban J connectivity index is 0.00000140. The van der Waals surface area contributed by atoms with E-state index in [9.17, 15) is 4.39 Å². The largest absolute Gasteiger partial charge is 0.373 e. The van der Waals surface area contributed by atoms with Crippen LogP contribution in [0.1, 0.15) is 5.56 Å². The van der Waals surface area contributed by atoms with Gasteiger partial charge in [0.25, 0.3) is 0 Å². The summed E-state index contributed by atoms with van der Waals surface area (Å²) in [5, 5.41) is 4.07. The summed E-state index contributed by atoms with van der Waals surface area (Å²) in [4.78, 5) is 13.5. The summed E-state index contributed by atoms with van der Waals surface area (Å²) in [6.07, 6.45) is 3.46. The van der Waals surface area contributed by atoms with Crippen molar-refractivity contribution in [2.45, 2.75) is 6.92 Å². The number of rotatable bonds is 3. The highest BCUT2D eigenvalue weighted by atomic mass is 35.5. The molecule has 0 unspecified atom stereocenters. The molecule has 28 heavy (non-hydrogen) atoms. The maximum atomic E-state index is 13.7. The first-order valence-electron chi connectivity index (χ1n) is 8.32. The van der Waals surface area contributed by atoms with E-state index in [4.69, 9.17) is 4.98 Å². The van der Waals surface area contributed by atoms with Gasteiger partial charge in [0, 0.05) is 30.4 Å². The lowest BCUT2D eigenvalue weighted by Gasteiger charge is -2.12. The standard InChI is InChI=1S/C21H17FN4.2ClH/c1-13-9-18-19(11-17(13)14-5-3-7-16(22)10-14)25-20(26-21(18)23-2)15-6-4-8-24-12-15;;/h3-12H,1-2H3,(H,23,25,26);2*1H. The minimum Gasteiger partial charge on any atom is -0.373 e. The molecule has 0 saturated heterocycles. The molecule has 4 aromatic rings. The fraction of sp³-hybridized carbons (Fsp3) is 0.0952. The van der Waals surface area contributed by atoms with Gasteiger partial charge >= 0.3 is 0 Å². The van der Waals surface area contributed by atoms with Crippen LogP contribution in [-0.4, -0.2) is 22.0 Å². The third-order valence-corrected chi connectivity index (χ3v) is 4.33. The van der Waals surface area contributed by atoms with Crippen molar-refractivity contribution in [1.82, 2.24) is 15.0 Å². The van der Waals surface area contributed by atoms with Gasteiger partial charge < -0.3 is 5.32 Å². The molecule has 4 rings (SSSR count). The van der Waals surface area contributed by atoms with Gasteiger partial charge in [-0.2, -0.15) is 0 Å². The number of aryl methyl sites for hydroxylation is 1. The molecule has 0 aliphatic carbocycles. The van der Waals surface area contributed by atoms with E-state index in [-0.39, 0.29) is 30.6 Å². The zero-order valence-corrected chi connectivity index (χ0v) is 16.9. The second-order valence-electron chi connectivity index (χ2n) is 6.08. The summed E-state index contributed by atoms with van der Waals surface area (Å²) in [6.45, 7) is 2.01. The summed E-state index contributed by atoms with van der Waals surface area (Å²) in [6, 6.07) is 14.4. The van der Waals surface area contributed by atoms with E-state index in [2.05, 4.69) is 15.3 Å². The molecule has 2 aromatic carbocycles. The number of halogens is 3. The number of hydrogen-bond acceptors (Lipinski definition) is 4. The molecule has 0 fully saturated rings. The number of pyridine rings is 1. The number of nitrogens with zero attached hydrogens (tertiary/aromatic N) is 3. The number of benzene rings is 2. The molecule has 0 aliphatic heterocycles. The average molecular weight is 417 g/mol. The first kappa shape index (κ1) is 21.5. The molecule has 0 amide bonds. The first-order chi connectivity index (χ1) is 12.7. The smallest absolute Gasteiger partial charge is 0.163 e. The van der Waals surface area contributed by atoms with E-state index in [1.807, 2.05) is 44.3 Å². The van der Waals surface area contributed by atoms with Crippen LogP contribution in [0.2, 0.25) is 0 Å². The van der Waals surface area contributed by atoms with Crippen molar-refractivity contribution in [3.8, 4) is 22.5 Å². The number of anilines is 1. The molecule has 2 heterocycles. The van der Waals surface area contributed by atoms with Crippen LogP contribution in [0, 0.1) is 12.7 Å². The molecule has 0 aliphatic rings. The second kappa shape index (κ2) is 8.95. The van der Waals surface area contributed by atoms with Gasteiger partial charge in [-0.15, -0.1) is 24.8 Å². The molecule has 0 saturated carbocycles. The maximum absolute atomic E-state index is 13.7. The SMILES string of the molecule is CNc1nc(-c2cccnc2)nc2cc(-c3cccc(F)c3)c(C)cc12.Cl.Cl. The monoisotopic (exact) mass is 416 g/mol. The molecular formula is C21H19Cl2FN4. The van der Waals surface area contributed by atoms with Gasteiger partial charge in [0.2, 0.25) is 0 Å². The average Bonchev–Trinajstić information content (AvgIpc) is 2.67. The minimum atomic E-state index is -0.253. The van der Waals surface area contributed by atoms with E-state index < -0.39 is 0 Å². The van der Waals surface area contributed by atoms with Gasteiger partial charge in [-0.1, -0.05) is 12.1 Å². The van der Waals surface area contributed by atoms with Crippen LogP contribution in [0.4, 0.5) is 10.2 Å². The molecular weight excluding hydrogens is 398 g/mol. The Morgan fingerprint density at radius 2 is 1.71 bits per heavy atom. The Kier molecular flexibility index (Phi) is 6.89. The van der Waals surface area contributed by atoms with Crippen molar-refractivity contribution in [2.24, 2.45) is 0 Å². The van der Waals surface area contributed by atoms with Crippen LogP contribution < -0.4 is 5.32 Å². The van der Waals surface area contributed by atoms with E-state index in [0.717, 1.165) is 39.0 Å². The third kappa shape index (κ3) is 4.06. The molecule has 0 radical (unpaired) electrons. The highest BCUT2D eigenvalue weighted by molar-refractivity contribution is 5.94. The number of hydrogen-bond donors (Lipinski definition) is 1. The Hall–Kier alpha value is -2.76. The van der Waals surface area contributed by atoms with E-state index in [0.29, 0.717) is 5.82 Å². The number of aromatic nitrogens is 3. The zero-order valence-electron chi connectivity index (χ0n) is 15.3. The van der Waals surface area contributed by atoms with Crippen LogP contribution in [0.15, 0.2) is 60.9 Å². The summed E-state index contributed by atoms with van der Waals surface area (Å²) in [5.41, 5.74) is 4.47. The minimum absolute atomic E-state index is 0. The van der Waals surface area contributed by atoms with Gasteiger partial charge in [0.05, 0.1) is 5.52 Å². The van der Waals surface area contributed by atoms with Crippen LogP contribution in [0.25, 0.3) is 33.4 Å². The summed E-state index contributed by atoms with van der Waals surface area (Å²) < 4.78 is 13.7. The molecule has 7 heteroatoms. The summed E-state index contributed by atoms with van der Waals surface area (Å²) in [5.74, 6) is 1.10. The lowest BCUT2D eigenvalue weighted by Crippen LogP contribution is -2.00. The van der Waals surface area contributed by atoms with Gasteiger partial charge in [-0.3, -0.25) is 4.98 Å². The van der Waals surface area contributed by atoms with Gasteiger partial charge in [-0.25, -0.2) is 14.4 Å². The van der Waals surface area contributed by atoms with Crippen LogP contribution >= 0.6 is 24.8 Å². The molecule has 4 nitrogen and oxygen atoms in total. The van der Waals surface area contributed by atoms with Gasteiger partial charge in [0.15, 0.2) is 5.82 Å². The van der Waals surface area contributed by atoms with Crippen molar-refractivity contribution in [3.63, 3.8) is 0 Å². The fourth-order valence-electron chi connectivity index (χ4n) is 3.07. The molecule has 0 atom stereocenters. The topological polar surface area (TPSA) is 50.7 Å². The highest BCUT2D eigenvalue weighted by Crippen LogP contribution is 2.32. The normalized spacial score (nSPS) is 10.1. The Bertz CT molecular complexity index is 1100. The van der Waals surface area contributed by atoms with Crippen LogP contribution in [-0.2, 0) is 0 Å². The predicted molar refractivity (Wildman–Crippen MR) is 117 cm³/mol. The highest BCUT2D eigenvalue weighted by Gasteiger charge is 2.12. The van der Waals surface area contributed by atoms with E-state index in [1.165, 1.54) is 12.1 Å². The van der Waals surface area contributed by atoms with Crippen molar-refractivity contribution < 1.29 is 4.39 Å². The van der Waals surface area contributed by atoms with Crippen LogP contribution in [0.3, 0.4) is 0 Å². The maximum Gasteiger partial charge on any atom is 0.163 e. The van der Waals surface area contributed by atoms with Crippen molar-refractivity contribution in [2.75, 3.05) is 12.4 Å². The fourth-order valence-corrected chi connectivity index (χ4v) is 3.07. The Morgan fingerprint density at radius 3 is 2.39 bits per heavy atom.